The molecule has 4 heteroatoms. The van der Waals surface area contributed by atoms with E-state index < -0.39 is 0 Å². The van der Waals surface area contributed by atoms with E-state index in [-0.39, 0.29) is 0 Å². The Morgan fingerprint density at radius 1 is 1.15 bits per heavy atom. The maximum Gasteiger partial charge on any atom is 0.0615 e. The maximum absolute atomic E-state index is 6.09. The van der Waals surface area contributed by atoms with Crippen LogP contribution in [0.1, 0.15) is 25.5 Å². The molecular formula is C16H25ClN2O. The number of rotatable bonds is 5. The molecule has 1 aliphatic rings. The fraction of sp³-hybridized carbons (Fsp3) is 0.625. The predicted molar refractivity (Wildman–Crippen MR) is 84.4 cm³/mol. The van der Waals surface area contributed by atoms with Gasteiger partial charge in [-0.05, 0) is 31.5 Å². The zero-order valence-corrected chi connectivity index (χ0v) is 13.4. The molecule has 112 valence electrons. The van der Waals surface area contributed by atoms with Gasteiger partial charge in [0.25, 0.3) is 0 Å². The number of benzene rings is 1. The van der Waals surface area contributed by atoms with E-state index in [0.29, 0.717) is 12.1 Å². The Kier molecular flexibility index (Phi) is 5.85. The monoisotopic (exact) mass is 296 g/mol. The molecule has 0 amide bonds. The second-order valence-electron chi connectivity index (χ2n) is 5.61. The predicted octanol–water partition coefficient (Wildman–Crippen LogP) is 3.05. The van der Waals surface area contributed by atoms with Crippen LogP contribution in [0.3, 0.4) is 0 Å². The highest BCUT2D eigenvalue weighted by molar-refractivity contribution is 6.30. The lowest BCUT2D eigenvalue weighted by Crippen LogP contribution is -2.51. The van der Waals surface area contributed by atoms with Crippen molar-refractivity contribution in [3.8, 4) is 0 Å². The number of halogens is 1. The summed E-state index contributed by atoms with van der Waals surface area (Å²) in [5.74, 6) is 0. The number of methoxy groups -OCH3 is 1. The van der Waals surface area contributed by atoms with E-state index in [9.17, 15) is 0 Å². The zero-order chi connectivity index (χ0) is 14.5. The largest absolute Gasteiger partial charge is 0.383 e. The molecule has 0 radical (unpaired) electrons. The summed E-state index contributed by atoms with van der Waals surface area (Å²) < 4.78 is 5.24. The molecule has 0 N–H and O–H groups in total. The van der Waals surface area contributed by atoms with Crippen LogP contribution in [0.4, 0.5) is 0 Å². The van der Waals surface area contributed by atoms with Gasteiger partial charge in [0, 0.05) is 50.4 Å². The first-order valence-electron chi connectivity index (χ1n) is 7.34. The molecule has 1 aromatic carbocycles. The van der Waals surface area contributed by atoms with Crippen molar-refractivity contribution in [1.29, 1.82) is 0 Å². The van der Waals surface area contributed by atoms with Crippen LogP contribution in [0.5, 0.6) is 0 Å². The van der Waals surface area contributed by atoms with Crippen LogP contribution in [0.15, 0.2) is 24.3 Å². The van der Waals surface area contributed by atoms with E-state index in [1.54, 1.807) is 7.11 Å². The number of ether oxygens (including phenoxy) is 1. The number of hydrogen-bond donors (Lipinski definition) is 0. The molecule has 2 atom stereocenters. The molecule has 0 aromatic heterocycles. The Morgan fingerprint density at radius 2 is 1.80 bits per heavy atom. The van der Waals surface area contributed by atoms with Crippen LogP contribution in [0.2, 0.25) is 5.02 Å². The molecule has 0 bridgehead atoms. The Bertz CT molecular complexity index is 419. The van der Waals surface area contributed by atoms with Gasteiger partial charge in [-0.3, -0.25) is 9.80 Å². The number of hydrogen-bond acceptors (Lipinski definition) is 3. The number of nitrogens with zero attached hydrogens (tertiary/aromatic N) is 2. The van der Waals surface area contributed by atoms with E-state index in [2.05, 4.69) is 35.8 Å². The molecule has 0 aliphatic carbocycles. The van der Waals surface area contributed by atoms with Crippen LogP contribution in [0, 0.1) is 0 Å². The van der Waals surface area contributed by atoms with Gasteiger partial charge in [-0.1, -0.05) is 23.7 Å². The SMILES string of the molecule is COC[C@H](C)N1CCN([C@@H](C)c2cccc(Cl)c2)CC1. The highest BCUT2D eigenvalue weighted by Gasteiger charge is 2.24. The third-order valence-corrected chi connectivity index (χ3v) is 4.49. The van der Waals surface area contributed by atoms with E-state index in [0.717, 1.165) is 37.8 Å². The van der Waals surface area contributed by atoms with Crippen molar-refractivity contribution < 1.29 is 4.74 Å². The third-order valence-electron chi connectivity index (χ3n) is 4.26. The van der Waals surface area contributed by atoms with E-state index in [1.165, 1.54) is 5.56 Å². The summed E-state index contributed by atoms with van der Waals surface area (Å²) >= 11 is 6.09. The summed E-state index contributed by atoms with van der Waals surface area (Å²) in [6.45, 7) is 9.72. The minimum atomic E-state index is 0.425. The van der Waals surface area contributed by atoms with E-state index in [1.807, 2.05) is 12.1 Å². The summed E-state index contributed by atoms with van der Waals surface area (Å²) in [4.78, 5) is 5.03. The molecule has 20 heavy (non-hydrogen) atoms. The summed E-state index contributed by atoms with van der Waals surface area (Å²) in [5.41, 5.74) is 1.30. The number of piperazine rings is 1. The average molecular weight is 297 g/mol. The summed E-state index contributed by atoms with van der Waals surface area (Å²) in [7, 11) is 1.77. The molecule has 3 nitrogen and oxygen atoms in total. The van der Waals surface area contributed by atoms with Gasteiger partial charge >= 0.3 is 0 Å². The fourth-order valence-corrected chi connectivity index (χ4v) is 3.09. The molecule has 0 saturated carbocycles. The molecule has 1 saturated heterocycles. The molecule has 1 aliphatic heterocycles. The summed E-state index contributed by atoms with van der Waals surface area (Å²) in [6.07, 6.45) is 0. The van der Waals surface area contributed by atoms with Gasteiger partial charge in [-0.15, -0.1) is 0 Å². The average Bonchev–Trinajstić information content (AvgIpc) is 2.47. The van der Waals surface area contributed by atoms with E-state index in [4.69, 9.17) is 16.3 Å². The lowest BCUT2D eigenvalue weighted by atomic mass is 10.1. The third kappa shape index (κ3) is 3.95. The highest BCUT2D eigenvalue weighted by Crippen LogP contribution is 2.24. The zero-order valence-electron chi connectivity index (χ0n) is 12.7. The topological polar surface area (TPSA) is 15.7 Å². The van der Waals surface area contributed by atoms with Crippen molar-refractivity contribution in [2.45, 2.75) is 25.9 Å². The van der Waals surface area contributed by atoms with Crippen molar-refractivity contribution in [3.63, 3.8) is 0 Å². The van der Waals surface area contributed by atoms with Crippen molar-refractivity contribution >= 4 is 11.6 Å². The molecule has 0 unspecified atom stereocenters. The van der Waals surface area contributed by atoms with Crippen LogP contribution >= 0.6 is 11.6 Å². The molecule has 1 fully saturated rings. The molecule has 1 aromatic rings. The second-order valence-corrected chi connectivity index (χ2v) is 6.04. The molecule has 2 rings (SSSR count). The fourth-order valence-electron chi connectivity index (χ4n) is 2.89. The lowest BCUT2D eigenvalue weighted by Gasteiger charge is -2.40. The summed E-state index contributed by atoms with van der Waals surface area (Å²) in [6, 6.07) is 9.13. The van der Waals surface area contributed by atoms with Gasteiger partial charge in [-0.2, -0.15) is 0 Å². The Hall–Kier alpha value is -0.610. The lowest BCUT2D eigenvalue weighted by molar-refractivity contribution is 0.0446. The first kappa shape index (κ1) is 15.8. The van der Waals surface area contributed by atoms with Gasteiger partial charge in [0.1, 0.15) is 0 Å². The quantitative estimate of drug-likeness (QED) is 0.830. The standard InChI is InChI=1S/C16H25ClN2O/c1-13(12-20-3)18-7-9-19(10-8-18)14(2)15-5-4-6-16(17)11-15/h4-6,11,13-14H,7-10,12H2,1-3H3/t13-,14-/m0/s1. The maximum atomic E-state index is 6.09. The first-order valence-corrected chi connectivity index (χ1v) is 7.72. The van der Waals surface area contributed by atoms with Crippen molar-refractivity contribution in [1.82, 2.24) is 9.80 Å². The Balaban J connectivity index is 1.90. The second kappa shape index (κ2) is 7.41. The summed E-state index contributed by atoms with van der Waals surface area (Å²) in [5, 5.41) is 0.821. The van der Waals surface area contributed by atoms with E-state index >= 15 is 0 Å². The minimum Gasteiger partial charge on any atom is -0.383 e. The minimum absolute atomic E-state index is 0.425. The highest BCUT2D eigenvalue weighted by atomic mass is 35.5. The van der Waals surface area contributed by atoms with Crippen molar-refractivity contribution in [3.05, 3.63) is 34.9 Å². The smallest absolute Gasteiger partial charge is 0.0615 e. The van der Waals surface area contributed by atoms with Crippen LogP contribution in [-0.2, 0) is 4.74 Å². The van der Waals surface area contributed by atoms with Crippen LogP contribution in [0.25, 0.3) is 0 Å². The normalized spacial score (nSPS) is 20.8. The van der Waals surface area contributed by atoms with Crippen molar-refractivity contribution in [2.24, 2.45) is 0 Å². The van der Waals surface area contributed by atoms with Crippen LogP contribution in [-0.4, -0.2) is 55.7 Å². The van der Waals surface area contributed by atoms with Crippen molar-refractivity contribution in [2.75, 3.05) is 39.9 Å². The van der Waals surface area contributed by atoms with Gasteiger partial charge < -0.3 is 4.74 Å². The first-order chi connectivity index (χ1) is 9.61. The Labute approximate surface area is 127 Å². The van der Waals surface area contributed by atoms with Gasteiger partial charge in [0.2, 0.25) is 0 Å². The molecular weight excluding hydrogens is 272 g/mol. The molecule has 1 heterocycles. The van der Waals surface area contributed by atoms with Gasteiger partial charge in [0.15, 0.2) is 0 Å². The molecule has 0 spiro atoms. The van der Waals surface area contributed by atoms with Gasteiger partial charge in [-0.25, -0.2) is 0 Å². The van der Waals surface area contributed by atoms with Gasteiger partial charge in [0.05, 0.1) is 6.61 Å². The van der Waals surface area contributed by atoms with Crippen LogP contribution < -0.4 is 0 Å². The Morgan fingerprint density at radius 3 is 2.40 bits per heavy atom.